The molecule has 0 aromatic heterocycles. The first-order valence-corrected chi connectivity index (χ1v) is 7.87. The number of carbonyl (C=O) groups is 1. The highest BCUT2D eigenvalue weighted by atomic mass is 16.6. The Bertz CT molecular complexity index is 835. The van der Waals surface area contributed by atoms with Crippen LogP contribution < -0.4 is 4.90 Å². The van der Waals surface area contributed by atoms with Gasteiger partial charge >= 0.3 is 0 Å². The molecule has 1 aromatic rings. The van der Waals surface area contributed by atoms with Crippen molar-refractivity contribution in [2.45, 2.75) is 6.54 Å². The number of hydrogen-bond donors (Lipinski definition) is 1. The van der Waals surface area contributed by atoms with Gasteiger partial charge in [0.1, 0.15) is 6.54 Å². The number of carbonyl (C=O) groups excluding carboxylic acids is 1. The van der Waals surface area contributed by atoms with Crippen molar-refractivity contribution in [3.8, 4) is 0 Å². The lowest BCUT2D eigenvalue weighted by Gasteiger charge is -2.12. The molecule has 0 saturated carbocycles. The molecule has 0 unspecified atom stereocenters. The van der Waals surface area contributed by atoms with Crippen molar-refractivity contribution in [2.24, 2.45) is 0 Å². The number of benzene rings is 1. The maximum atomic E-state index is 11.1. The maximum Gasteiger partial charge on any atom is 0.269 e. The minimum Gasteiger partial charge on any atom is -0.290 e. The van der Waals surface area contributed by atoms with Crippen LogP contribution >= 0.6 is 0 Å². The van der Waals surface area contributed by atoms with Crippen LogP contribution in [0.3, 0.4) is 0 Å². The second-order valence-corrected chi connectivity index (χ2v) is 5.74. The Labute approximate surface area is 145 Å². The number of nitrogens with zero attached hydrogens (tertiary/aromatic N) is 1. The summed E-state index contributed by atoms with van der Waals surface area (Å²) in [4.78, 5) is 22.5. The third kappa shape index (κ3) is 4.59. The first kappa shape index (κ1) is 16.5. The second kappa shape index (κ2) is 7.51. The zero-order chi connectivity index (χ0) is 17.6. The SMILES string of the molecule is O=C1C=CC(=CC=C2C=C[NH+](Cc3ccc([N+](=O)[O-])cc3)C=C2)C=C1. The molecule has 2 aliphatic rings. The quantitative estimate of drug-likeness (QED) is 0.680. The molecular formula is C20H17N2O3+. The standard InChI is InChI=1S/C20H16N2O3/c23-20-9-5-16(6-10-20)1-2-17-11-13-21(14-12-17)15-18-3-7-19(8-4-18)22(24)25/h1-14H,15H2/p+1. The summed E-state index contributed by atoms with van der Waals surface area (Å²) in [6.07, 6.45) is 18.8. The van der Waals surface area contributed by atoms with Gasteiger partial charge in [-0.15, -0.1) is 0 Å². The molecule has 5 heteroatoms. The molecule has 1 heterocycles. The van der Waals surface area contributed by atoms with Crippen LogP contribution in [0.2, 0.25) is 0 Å². The van der Waals surface area contributed by atoms with Crippen LogP contribution in [0, 0.1) is 10.1 Å². The number of allylic oxidation sites excluding steroid dienone is 10. The number of quaternary nitrogens is 1. The molecule has 0 fully saturated rings. The van der Waals surface area contributed by atoms with Gasteiger partial charge in [0.05, 0.1) is 17.3 Å². The summed E-state index contributed by atoms with van der Waals surface area (Å²) >= 11 is 0. The smallest absolute Gasteiger partial charge is 0.269 e. The van der Waals surface area contributed by atoms with E-state index in [0.29, 0.717) is 0 Å². The average molecular weight is 333 g/mol. The van der Waals surface area contributed by atoms with E-state index >= 15 is 0 Å². The van der Waals surface area contributed by atoms with Gasteiger partial charge in [-0.05, 0) is 47.6 Å². The van der Waals surface area contributed by atoms with Crippen LogP contribution in [-0.2, 0) is 11.3 Å². The Kier molecular flexibility index (Phi) is 4.97. The zero-order valence-corrected chi connectivity index (χ0v) is 13.5. The summed E-state index contributed by atoms with van der Waals surface area (Å²) in [5, 5.41) is 10.7. The molecule has 0 amide bonds. The van der Waals surface area contributed by atoms with Crippen molar-refractivity contribution in [1.29, 1.82) is 0 Å². The van der Waals surface area contributed by atoms with Crippen LogP contribution in [-0.4, -0.2) is 10.7 Å². The summed E-state index contributed by atoms with van der Waals surface area (Å²) in [6.45, 7) is 0.729. The minimum atomic E-state index is -0.393. The fraction of sp³-hybridized carbons (Fsp3) is 0.0500. The molecule has 0 radical (unpaired) electrons. The Morgan fingerprint density at radius 2 is 1.44 bits per heavy atom. The molecule has 5 nitrogen and oxygen atoms in total. The summed E-state index contributed by atoms with van der Waals surface area (Å²) in [7, 11) is 0. The molecule has 1 aromatic carbocycles. The number of rotatable bonds is 4. The number of non-ortho nitro benzene ring substituents is 1. The Hall–Kier alpha value is -3.31. The van der Waals surface area contributed by atoms with Crippen LogP contribution in [0.1, 0.15) is 5.56 Å². The third-order valence-corrected chi connectivity index (χ3v) is 3.88. The molecule has 3 rings (SSSR count). The van der Waals surface area contributed by atoms with E-state index in [9.17, 15) is 14.9 Å². The maximum absolute atomic E-state index is 11.1. The van der Waals surface area contributed by atoms with Crippen LogP contribution in [0.4, 0.5) is 5.69 Å². The number of nitrogens with one attached hydrogen (secondary N) is 1. The lowest BCUT2D eigenvalue weighted by atomic mass is 10.1. The normalized spacial score (nSPS) is 18.6. The van der Waals surface area contributed by atoms with E-state index in [2.05, 4.69) is 0 Å². The number of hydrogen-bond acceptors (Lipinski definition) is 3. The lowest BCUT2D eigenvalue weighted by molar-refractivity contribution is -0.806. The van der Waals surface area contributed by atoms with Gasteiger partial charge in [0.15, 0.2) is 5.78 Å². The van der Waals surface area contributed by atoms with Crippen molar-refractivity contribution in [1.82, 2.24) is 0 Å². The Balaban J connectivity index is 1.60. The van der Waals surface area contributed by atoms with Gasteiger partial charge in [-0.1, -0.05) is 24.3 Å². The Morgan fingerprint density at radius 3 is 2.00 bits per heavy atom. The largest absolute Gasteiger partial charge is 0.290 e. The van der Waals surface area contributed by atoms with E-state index in [1.165, 1.54) is 12.1 Å². The summed E-state index contributed by atoms with van der Waals surface area (Å²) in [6, 6.07) is 6.62. The molecule has 0 bridgehead atoms. The lowest BCUT2D eigenvalue weighted by Crippen LogP contribution is -3.01. The first-order chi connectivity index (χ1) is 12.1. The van der Waals surface area contributed by atoms with Crippen LogP contribution in [0.15, 0.2) is 96.4 Å². The van der Waals surface area contributed by atoms with Gasteiger partial charge in [-0.25, -0.2) is 0 Å². The summed E-state index contributed by atoms with van der Waals surface area (Å²) < 4.78 is 0. The third-order valence-electron chi connectivity index (χ3n) is 3.88. The van der Waals surface area contributed by atoms with Crippen molar-refractivity contribution >= 4 is 11.5 Å². The van der Waals surface area contributed by atoms with Gasteiger partial charge in [-0.3, -0.25) is 19.8 Å². The highest BCUT2D eigenvalue weighted by Gasteiger charge is 2.09. The molecule has 0 atom stereocenters. The topological polar surface area (TPSA) is 64.7 Å². The zero-order valence-electron chi connectivity index (χ0n) is 13.5. The number of nitro benzene ring substituents is 1. The molecule has 124 valence electrons. The van der Waals surface area contributed by atoms with Crippen molar-refractivity contribution in [2.75, 3.05) is 0 Å². The summed E-state index contributed by atoms with van der Waals surface area (Å²) in [5.74, 6) is 0.00717. The summed E-state index contributed by atoms with van der Waals surface area (Å²) in [5.41, 5.74) is 3.19. The van der Waals surface area contributed by atoms with E-state index in [1.54, 1.807) is 36.4 Å². The van der Waals surface area contributed by atoms with Crippen LogP contribution in [0.25, 0.3) is 0 Å². The Morgan fingerprint density at radius 1 is 0.880 bits per heavy atom. The van der Waals surface area contributed by atoms with E-state index in [-0.39, 0.29) is 11.5 Å². The van der Waals surface area contributed by atoms with E-state index in [1.807, 2.05) is 36.7 Å². The molecule has 1 aliphatic heterocycles. The highest BCUT2D eigenvalue weighted by Crippen LogP contribution is 2.12. The minimum absolute atomic E-state index is 0.00717. The van der Waals surface area contributed by atoms with Gasteiger partial charge < -0.3 is 0 Å². The van der Waals surface area contributed by atoms with Crippen LogP contribution in [0.5, 0.6) is 0 Å². The average Bonchev–Trinajstić information content (AvgIpc) is 2.63. The second-order valence-electron chi connectivity index (χ2n) is 5.74. The molecule has 1 N–H and O–H groups in total. The molecule has 0 saturated heterocycles. The van der Waals surface area contributed by atoms with Gasteiger partial charge in [0.2, 0.25) is 0 Å². The number of nitro groups is 1. The predicted molar refractivity (Wildman–Crippen MR) is 95.5 cm³/mol. The first-order valence-electron chi connectivity index (χ1n) is 7.87. The molecule has 1 aliphatic carbocycles. The van der Waals surface area contributed by atoms with E-state index < -0.39 is 4.92 Å². The fourth-order valence-corrected chi connectivity index (χ4v) is 2.49. The van der Waals surface area contributed by atoms with Gasteiger partial charge in [-0.2, -0.15) is 0 Å². The van der Waals surface area contributed by atoms with E-state index in [0.717, 1.165) is 28.2 Å². The van der Waals surface area contributed by atoms with Gasteiger partial charge in [0, 0.05) is 17.7 Å². The molecular weight excluding hydrogens is 316 g/mol. The highest BCUT2D eigenvalue weighted by molar-refractivity contribution is 6.01. The predicted octanol–water partition coefficient (Wildman–Crippen LogP) is 2.57. The van der Waals surface area contributed by atoms with E-state index in [4.69, 9.17) is 0 Å². The monoisotopic (exact) mass is 333 g/mol. The fourth-order valence-electron chi connectivity index (χ4n) is 2.49. The van der Waals surface area contributed by atoms with Gasteiger partial charge in [0.25, 0.3) is 5.69 Å². The molecule has 25 heavy (non-hydrogen) atoms. The van der Waals surface area contributed by atoms with Crippen molar-refractivity contribution in [3.05, 3.63) is 112 Å². The van der Waals surface area contributed by atoms with Crippen molar-refractivity contribution < 1.29 is 14.6 Å². The van der Waals surface area contributed by atoms with Crippen molar-refractivity contribution in [3.63, 3.8) is 0 Å². The molecule has 0 spiro atoms. The number of ketones is 1.